The van der Waals surface area contributed by atoms with E-state index in [-0.39, 0.29) is 12.5 Å². The van der Waals surface area contributed by atoms with Crippen molar-refractivity contribution in [2.24, 2.45) is 7.05 Å². The number of hydrogen-bond acceptors (Lipinski definition) is 2. The summed E-state index contributed by atoms with van der Waals surface area (Å²) in [5.74, 6) is -1.27. The number of carboxylic acids is 1. The van der Waals surface area contributed by atoms with E-state index in [0.29, 0.717) is 5.69 Å². The van der Waals surface area contributed by atoms with Crippen LogP contribution < -0.4 is 0 Å². The SMILES string of the molecule is Cc1ccc(C(=O)N(CC(=O)O)C(C)(C)C)n1C. The van der Waals surface area contributed by atoms with E-state index in [9.17, 15) is 9.59 Å². The number of carboxylic acid groups (broad SMARTS) is 1. The molecule has 0 aliphatic carbocycles. The van der Waals surface area contributed by atoms with Crippen molar-refractivity contribution in [2.75, 3.05) is 6.54 Å². The number of carbonyl (C=O) groups excluding carboxylic acids is 1. The second kappa shape index (κ2) is 4.84. The maximum atomic E-state index is 12.4. The zero-order valence-corrected chi connectivity index (χ0v) is 11.5. The molecule has 0 radical (unpaired) electrons. The van der Waals surface area contributed by atoms with E-state index in [0.717, 1.165) is 5.69 Å². The van der Waals surface area contributed by atoms with Crippen molar-refractivity contribution in [3.8, 4) is 0 Å². The smallest absolute Gasteiger partial charge is 0.323 e. The Morgan fingerprint density at radius 3 is 2.22 bits per heavy atom. The summed E-state index contributed by atoms with van der Waals surface area (Å²) in [6.45, 7) is 7.07. The van der Waals surface area contributed by atoms with Gasteiger partial charge in [-0.15, -0.1) is 0 Å². The van der Waals surface area contributed by atoms with Crippen molar-refractivity contribution in [1.82, 2.24) is 9.47 Å². The summed E-state index contributed by atoms with van der Waals surface area (Å²) in [5.41, 5.74) is 0.930. The Morgan fingerprint density at radius 1 is 1.33 bits per heavy atom. The Morgan fingerprint density at radius 2 is 1.89 bits per heavy atom. The predicted octanol–water partition coefficient (Wildman–Crippen LogP) is 1.66. The fourth-order valence-corrected chi connectivity index (χ4v) is 1.72. The molecule has 0 unspecified atom stereocenters. The number of aryl methyl sites for hydroxylation is 1. The average Bonchev–Trinajstić information content (AvgIpc) is 2.54. The van der Waals surface area contributed by atoms with E-state index in [1.807, 2.05) is 33.8 Å². The summed E-state index contributed by atoms with van der Waals surface area (Å²) in [7, 11) is 1.80. The summed E-state index contributed by atoms with van der Waals surface area (Å²) in [6.07, 6.45) is 0. The van der Waals surface area contributed by atoms with Crippen LogP contribution in [0.25, 0.3) is 0 Å². The lowest BCUT2D eigenvalue weighted by molar-refractivity contribution is -0.138. The lowest BCUT2D eigenvalue weighted by Crippen LogP contribution is -2.48. The van der Waals surface area contributed by atoms with Gasteiger partial charge in [-0.1, -0.05) is 0 Å². The van der Waals surface area contributed by atoms with Gasteiger partial charge in [0.1, 0.15) is 12.2 Å². The molecule has 0 spiro atoms. The first-order chi connectivity index (χ1) is 8.14. The first-order valence-corrected chi connectivity index (χ1v) is 5.80. The molecule has 1 heterocycles. The minimum atomic E-state index is -1.01. The third-order valence-corrected chi connectivity index (χ3v) is 2.94. The van der Waals surface area contributed by atoms with Crippen molar-refractivity contribution in [3.05, 3.63) is 23.5 Å². The standard InChI is InChI=1S/C13H20N2O3/c1-9-6-7-10(14(9)5)12(18)15(8-11(16)17)13(2,3)4/h6-7H,8H2,1-5H3,(H,16,17). The molecule has 0 aliphatic rings. The molecule has 1 N–H and O–H groups in total. The molecule has 1 aromatic heterocycles. The van der Waals surface area contributed by atoms with Gasteiger partial charge in [0.2, 0.25) is 0 Å². The van der Waals surface area contributed by atoms with Gasteiger partial charge >= 0.3 is 5.97 Å². The zero-order chi connectivity index (χ0) is 14.1. The molecule has 0 saturated carbocycles. The van der Waals surface area contributed by atoms with Gasteiger partial charge in [0.15, 0.2) is 0 Å². The normalized spacial score (nSPS) is 11.4. The van der Waals surface area contributed by atoms with Gasteiger partial charge in [-0.3, -0.25) is 9.59 Å². The van der Waals surface area contributed by atoms with Crippen LogP contribution >= 0.6 is 0 Å². The van der Waals surface area contributed by atoms with Crippen molar-refractivity contribution in [1.29, 1.82) is 0 Å². The van der Waals surface area contributed by atoms with Gasteiger partial charge in [-0.25, -0.2) is 0 Å². The van der Waals surface area contributed by atoms with E-state index in [1.54, 1.807) is 17.7 Å². The summed E-state index contributed by atoms with van der Waals surface area (Å²) in [6, 6.07) is 3.56. The molecule has 1 amide bonds. The molecule has 0 aliphatic heterocycles. The summed E-state index contributed by atoms with van der Waals surface area (Å²) < 4.78 is 1.77. The Balaban J connectivity index is 3.11. The molecule has 0 saturated heterocycles. The van der Waals surface area contributed by atoms with E-state index < -0.39 is 11.5 Å². The number of aliphatic carboxylic acids is 1. The Hall–Kier alpha value is -1.78. The van der Waals surface area contributed by atoms with E-state index in [1.165, 1.54) is 4.90 Å². The molecule has 5 heteroatoms. The lowest BCUT2D eigenvalue weighted by Gasteiger charge is -2.34. The second-order valence-corrected chi connectivity index (χ2v) is 5.37. The van der Waals surface area contributed by atoms with Crippen molar-refractivity contribution in [2.45, 2.75) is 33.2 Å². The molecular weight excluding hydrogens is 232 g/mol. The highest BCUT2D eigenvalue weighted by Crippen LogP contribution is 2.18. The number of carbonyl (C=O) groups is 2. The molecule has 0 aromatic carbocycles. The zero-order valence-electron chi connectivity index (χ0n) is 11.5. The van der Waals surface area contributed by atoms with Gasteiger partial charge in [0.05, 0.1) is 0 Å². The quantitative estimate of drug-likeness (QED) is 0.889. The fourth-order valence-electron chi connectivity index (χ4n) is 1.72. The second-order valence-electron chi connectivity index (χ2n) is 5.37. The monoisotopic (exact) mass is 252 g/mol. The molecule has 100 valence electrons. The number of aromatic nitrogens is 1. The van der Waals surface area contributed by atoms with E-state index in [4.69, 9.17) is 5.11 Å². The minimum absolute atomic E-state index is 0.263. The third-order valence-electron chi connectivity index (χ3n) is 2.94. The molecule has 5 nitrogen and oxygen atoms in total. The molecule has 0 fully saturated rings. The highest BCUT2D eigenvalue weighted by molar-refractivity contribution is 5.95. The Bertz CT molecular complexity index is 469. The van der Waals surface area contributed by atoms with E-state index >= 15 is 0 Å². The minimum Gasteiger partial charge on any atom is -0.480 e. The number of rotatable bonds is 3. The fraction of sp³-hybridized carbons (Fsp3) is 0.538. The Kier molecular flexibility index (Phi) is 3.84. The van der Waals surface area contributed by atoms with Gasteiger partial charge in [-0.2, -0.15) is 0 Å². The average molecular weight is 252 g/mol. The van der Waals surface area contributed by atoms with Gasteiger partial charge in [0, 0.05) is 18.3 Å². The molecular formula is C13H20N2O3. The van der Waals surface area contributed by atoms with Crippen molar-refractivity contribution < 1.29 is 14.7 Å². The third kappa shape index (κ3) is 2.91. The van der Waals surface area contributed by atoms with Crippen LogP contribution in [0.15, 0.2) is 12.1 Å². The van der Waals surface area contributed by atoms with Crippen LogP contribution in [0.4, 0.5) is 0 Å². The van der Waals surface area contributed by atoms with Crippen LogP contribution in [-0.2, 0) is 11.8 Å². The molecule has 1 rings (SSSR count). The van der Waals surface area contributed by atoms with Gasteiger partial charge in [0.25, 0.3) is 5.91 Å². The molecule has 18 heavy (non-hydrogen) atoms. The van der Waals surface area contributed by atoms with Crippen molar-refractivity contribution >= 4 is 11.9 Å². The molecule has 0 atom stereocenters. The molecule has 0 bridgehead atoms. The number of amides is 1. The van der Waals surface area contributed by atoms with Crippen LogP contribution in [-0.4, -0.2) is 38.5 Å². The topological polar surface area (TPSA) is 62.5 Å². The first-order valence-electron chi connectivity index (χ1n) is 5.80. The predicted molar refractivity (Wildman–Crippen MR) is 68.6 cm³/mol. The number of nitrogens with zero attached hydrogens (tertiary/aromatic N) is 2. The Labute approximate surface area is 107 Å². The van der Waals surface area contributed by atoms with Crippen LogP contribution in [0.1, 0.15) is 37.0 Å². The van der Waals surface area contributed by atoms with Gasteiger partial charge < -0.3 is 14.6 Å². The summed E-state index contributed by atoms with van der Waals surface area (Å²) in [5, 5.41) is 8.92. The summed E-state index contributed by atoms with van der Waals surface area (Å²) in [4.78, 5) is 24.6. The van der Waals surface area contributed by atoms with Crippen LogP contribution in [0.2, 0.25) is 0 Å². The van der Waals surface area contributed by atoms with Crippen LogP contribution in [0.5, 0.6) is 0 Å². The maximum Gasteiger partial charge on any atom is 0.323 e. The maximum absolute atomic E-state index is 12.4. The first kappa shape index (κ1) is 14.3. The van der Waals surface area contributed by atoms with Crippen molar-refractivity contribution in [3.63, 3.8) is 0 Å². The highest BCUT2D eigenvalue weighted by Gasteiger charge is 2.30. The highest BCUT2D eigenvalue weighted by atomic mass is 16.4. The largest absolute Gasteiger partial charge is 0.480 e. The van der Waals surface area contributed by atoms with Gasteiger partial charge in [-0.05, 0) is 39.8 Å². The lowest BCUT2D eigenvalue weighted by atomic mass is 10.1. The molecule has 1 aromatic rings. The number of hydrogen-bond donors (Lipinski definition) is 1. The van der Waals surface area contributed by atoms with E-state index in [2.05, 4.69) is 0 Å². The summed E-state index contributed by atoms with van der Waals surface area (Å²) >= 11 is 0. The van der Waals surface area contributed by atoms with Crippen LogP contribution in [0.3, 0.4) is 0 Å². The van der Waals surface area contributed by atoms with Crippen LogP contribution in [0, 0.1) is 6.92 Å².